The lowest BCUT2D eigenvalue weighted by molar-refractivity contribution is 0.278. The molecule has 0 amide bonds. The highest BCUT2D eigenvalue weighted by Crippen LogP contribution is 2.50. The Morgan fingerprint density at radius 2 is 2.00 bits per heavy atom. The zero-order valence-electron chi connectivity index (χ0n) is 8.33. The molecule has 1 aromatic carbocycles. The van der Waals surface area contributed by atoms with E-state index in [1.807, 2.05) is 0 Å². The topological polar surface area (TPSA) is 49.7 Å². The van der Waals surface area contributed by atoms with Crippen molar-refractivity contribution in [3.63, 3.8) is 0 Å². The summed E-state index contributed by atoms with van der Waals surface area (Å²) in [5.74, 6) is -2.02. The van der Waals surface area contributed by atoms with E-state index in [9.17, 15) is 13.6 Å². The predicted molar refractivity (Wildman–Crippen MR) is 51.3 cm³/mol. The number of rotatable bonds is 3. The average molecular weight is 225 g/mol. The van der Waals surface area contributed by atoms with Gasteiger partial charge in [-0.3, -0.25) is 0 Å². The summed E-state index contributed by atoms with van der Waals surface area (Å²) in [6.07, 6.45) is 2.60. The van der Waals surface area contributed by atoms with Crippen LogP contribution in [0.15, 0.2) is 17.1 Å². The number of isocyanates is 1. The highest BCUT2D eigenvalue weighted by molar-refractivity contribution is 5.44. The molecule has 0 heterocycles. The van der Waals surface area contributed by atoms with E-state index >= 15 is 0 Å². The number of nitrogens with zero attached hydrogens (tertiary/aromatic N) is 1. The molecule has 2 rings (SSSR count). The second kappa shape index (κ2) is 3.77. The van der Waals surface area contributed by atoms with E-state index < -0.39 is 23.8 Å². The highest BCUT2D eigenvalue weighted by Gasteiger charge is 2.46. The minimum atomic E-state index is -1.02. The summed E-state index contributed by atoms with van der Waals surface area (Å²) < 4.78 is 26.0. The number of aliphatic imine (C=N–C) groups is 1. The van der Waals surface area contributed by atoms with E-state index in [2.05, 4.69) is 4.99 Å². The van der Waals surface area contributed by atoms with Gasteiger partial charge in [-0.15, -0.1) is 0 Å². The smallest absolute Gasteiger partial charge is 0.235 e. The molecule has 1 aromatic rings. The third-order valence-electron chi connectivity index (χ3n) is 2.80. The van der Waals surface area contributed by atoms with Gasteiger partial charge >= 0.3 is 0 Å². The van der Waals surface area contributed by atoms with Gasteiger partial charge in [0.1, 0.15) is 0 Å². The van der Waals surface area contributed by atoms with Crippen LogP contribution in [0.3, 0.4) is 0 Å². The molecule has 5 heteroatoms. The molecular weight excluding hydrogens is 216 g/mol. The van der Waals surface area contributed by atoms with Crippen LogP contribution in [0.5, 0.6) is 0 Å². The van der Waals surface area contributed by atoms with Crippen molar-refractivity contribution in [1.29, 1.82) is 0 Å². The van der Waals surface area contributed by atoms with Gasteiger partial charge in [-0.25, -0.2) is 13.6 Å². The van der Waals surface area contributed by atoms with Crippen LogP contribution in [-0.2, 0) is 16.9 Å². The molecule has 0 spiro atoms. The van der Waals surface area contributed by atoms with Crippen LogP contribution in [-0.4, -0.2) is 11.2 Å². The molecule has 1 aliphatic rings. The molecule has 0 atom stereocenters. The molecule has 1 aliphatic carbocycles. The minimum absolute atomic E-state index is 0.260. The molecule has 84 valence electrons. The van der Waals surface area contributed by atoms with E-state index in [4.69, 9.17) is 5.11 Å². The Labute approximate surface area is 90.4 Å². The summed E-state index contributed by atoms with van der Waals surface area (Å²) in [6, 6.07) is 1.93. The van der Waals surface area contributed by atoms with Gasteiger partial charge in [-0.1, -0.05) is 0 Å². The number of halogens is 2. The van der Waals surface area contributed by atoms with Crippen molar-refractivity contribution in [2.24, 2.45) is 4.99 Å². The standard InChI is InChI=1S/C11H9F2NO2/c12-9-3-7(5-15)8(4-10(9)13)11(1-2-11)14-6-16/h3-4,15H,1-2,5H2. The summed E-state index contributed by atoms with van der Waals surface area (Å²) in [4.78, 5) is 13.9. The maximum absolute atomic E-state index is 13.1. The second-order valence-corrected chi connectivity index (χ2v) is 3.82. The van der Waals surface area contributed by atoms with Gasteiger partial charge in [0.05, 0.1) is 12.1 Å². The van der Waals surface area contributed by atoms with Crippen molar-refractivity contribution < 1.29 is 18.7 Å². The Morgan fingerprint density at radius 1 is 1.38 bits per heavy atom. The van der Waals surface area contributed by atoms with Gasteiger partial charge in [-0.05, 0) is 36.1 Å². The fourth-order valence-corrected chi connectivity index (χ4v) is 1.80. The van der Waals surface area contributed by atoms with Crippen LogP contribution in [0.25, 0.3) is 0 Å². The van der Waals surface area contributed by atoms with Crippen molar-refractivity contribution in [2.75, 3.05) is 0 Å². The molecule has 0 aromatic heterocycles. The van der Waals surface area contributed by atoms with Crippen molar-refractivity contribution in [3.05, 3.63) is 34.9 Å². The van der Waals surface area contributed by atoms with Gasteiger partial charge in [0, 0.05) is 0 Å². The van der Waals surface area contributed by atoms with Crippen LogP contribution in [0.4, 0.5) is 8.78 Å². The summed E-state index contributed by atoms with van der Waals surface area (Å²) in [7, 11) is 0. The molecule has 0 bridgehead atoms. The van der Waals surface area contributed by atoms with E-state index in [0.717, 1.165) is 12.1 Å². The zero-order valence-corrected chi connectivity index (χ0v) is 8.33. The molecule has 0 radical (unpaired) electrons. The third kappa shape index (κ3) is 1.64. The Morgan fingerprint density at radius 3 is 2.50 bits per heavy atom. The van der Waals surface area contributed by atoms with E-state index in [1.165, 1.54) is 6.08 Å². The maximum atomic E-state index is 13.1. The SMILES string of the molecule is O=C=NC1(c2cc(F)c(F)cc2CO)CC1. The van der Waals surface area contributed by atoms with E-state index in [0.29, 0.717) is 18.4 Å². The normalized spacial score (nSPS) is 16.7. The van der Waals surface area contributed by atoms with E-state index in [1.54, 1.807) is 0 Å². The highest BCUT2D eigenvalue weighted by atomic mass is 19.2. The van der Waals surface area contributed by atoms with Gasteiger partial charge < -0.3 is 5.11 Å². The van der Waals surface area contributed by atoms with Gasteiger partial charge in [0.25, 0.3) is 0 Å². The molecule has 0 unspecified atom stereocenters. The fourth-order valence-electron chi connectivity index (χ4n) is 1.80. The first kappa shape index (κ1) is 10.9. The predicted octanol–water partition coefficient (Wildman–Crippen LogP) is 1.78. The first-order valence-corrected chi connectivity index (χ1v) is 4.81. The molecule has 1 saturated carbocycles. The largest absolute Gasteiger partial charge is 0.392 e. The van der Waals surface area contributed by atoms with Gasteiger partial charge in [-0.2, -0.15) is 4.99 Å². The van der Waals surface area contributed by atoms with Gasteiger partial charge in [0.2, 0.25) is 6.08 Å². The molecule has 3 nitrogen and oxygen atoms in total. The number of aliphatic hydroxyl groups is 1. The summed E-state index contributed by atoms with van der Waals surface area (Å²) in [5.41, 5.74) is -0.165. The lowest BCUT2D eigenvalue weighted by Crippen LogP contribution is -2.09. The number of carbonyl (C=O) groups excluding carboxylic acids is 1. The third-order valence-corrected chi connectivity index (χ3v) is 2.80. The Bertz CT molecular complexity index is 477. The first-order chi connectivity index (χ1) is 7.63. The molecule has 1 N–H and O–H groups in total. The first-order valence-electron chi connectivity index (χ1n) is 4.81. The molecule has 16 heavy (non-hydrogen) atoms. The Kier molecular flexibility index (Phi) is 2.58. The monoisotopic (exact) mass is 225 g/mol. The van der Waals surface area contributed by atoms with Crippen LogP contribution >= 0.6 is 0 Å². The Balaban J connectivity index is 2.55. The quantitative estimate of drug-likeness (QED) is 0.629. The summed E-state index contributed by atoms with van der Waals surface area (Å²) in [5, 5.41) is 9.06. The average Bonchev–Trinajstić information content (AvgIpc) is 3.03. The summed E-state index contributed by atoms with van der Waals surface area (Å²) >= 11 is 0. The zero-order chi connectivity index (χ0) is 11.8. The van der Waals surface area contributed by atoms with Crippen molar-refractivity contribution in [3.8, 4) is 0 Å². The van der Waals surface area contributed by atoms with Crippen molar-refractivity contribution in [1.82, 2.24) is 0 Å². The van der Waals surface area contributed by atoms with Crippen molar-refractivity contribution in [2.45, 2.75) is 25.0 Å². The lowest BCUT2D eigenvalue weighted by atomic mass is 9.98. The number of aliphatic hydroxyl groups excluding tert-OH is 1. The lowest BCUT2D eigenvalue weighted by Gasteiger charge is -2.13. The minimum Gasteiger partial charge on any atom is -0.392 e. The van der Waals surface area contributed by atoms with Crippen LogP contribution < -0.4 is 0 Å². The fraction of sp³-hybridized carbons (Fsp3) is 0.364. The molecule has 0 saturated heterocycles. The molecule has 0 aliphatic heterocycles. The summed E-state index contributed by atoms with van der Waals surface area (Å²) in [6.45, 7) is -0.414. The Hall–Kier alpha value is -1.58. The number of hydrogen-bond donors (Lipinski definition) is 1. The molecule has 1 fully saturated rings. The van der Waals surface area contributed by atoms with Crippen LogP contribution in [0, 0.1) is 11.6 Å². The number of hydrogen-bond acceptors (Lipinski definition) is 3. The number of benzene rings is 1. The maximum Gasteiger partial charge on any atom is 0.235 e. The van der Waals surface area contributed by atoms with Crippen LogP contribution in [0.2, 0.25) is 0 Å². The second-order valence-electron chi connectivity index (χ2n) is 3.82. The van der Waals surface area contributed by atoms with E-state index in [-0.39, 0.29) is 5.56 Å². The van der Waals surface area contributed by atoms with Crippen molar-refractivity contribution >= 4 is 6.08 Å². The van der Waals surface area contributed by atoms with Crippen LogP contribution in [0.1, 0.15) is 24.0 Å². The van der Waals surface area contributed by atoms with Gasteiger partial charge in [0.15, 0.2) is 11.6 Å². The molecular formula is C11H9F2NO2.